The van der Waals surface area contributed by atoms with Gasteiger partial charge >= 0.3 is 0 Å². The molecule has 2 rings (SSSR count). The Balaban J connectivity index is 2.15. The monoisotopic (exact) mass is 285 g/mol. The summed E-state index contributed by atoms with van der Waals surface area (Å²) in [5.74, 6) is -0.378. The third-order valence-corrected chi connectivity index (χ3v) is 3.11. The molecular formula is C14H14F3NO2. The van der Waals surface area contributed by atoms with E-state index in [1.54, 1.807) is 18.2 Å². The van der Waals surface area contributed by atoms with Gasteiger partial charge in [-0.2, -0.15) is 0 Å². The van der Waals surface area contributed by atoms with Crippen molar-refractivity contribution in [3.05, 3.63) is 42.0 Å². The van der Waals surface area contributed by atoms with Crippen LogP contribution in [0.1, 0.15) is 23.7 Å². The normalized spacial score (nSPS) is 18.7. The Morgan fingerprint density at radius 1 is 1.45 bits per heavy atom. The molecule has 1 aromatic rings. The standard InChI is InChI=1S/C14H14F3NO2/c1-2-12(19)18-9-5-3-8-4-6-11(10(8)7-9)20-14(17)13(15)16/h2-3,5,7,11,13-14H,1,4,6H2,(H,18,19). The number of alkyl halides is 3. The number of hydrogen-bond donors (Lipinski definition) is 1. The van der Waals surface area contributed by atoms with Gasteiger partial charge in [0.1, 0.15) is 0 Å². The molecule has 0 radical (unpaired) electrons. The van der Waals surface area contributed by atoms with E-state index in [-0.39, 0.29) is 5.91 Å². The third kappa shape index (κ3) is 3.19. The zero-order valence-electron chi connectivity index (χ0n) is 10.6. The first-order valence-corrected chi connectivity index (χ1v) is 6.15. The highest BCUT2D eigenvalue weighted by Crippen LogP contribution is 2.37. The minimum Gasteiger partial charge on any atom is -0.336 e. The van der Waals surface area contributed by atoms with E-state index in [1.807, 2.05) is 0 Å². The van der Waals surface area contributed by atoms with E-state index in [0.717, 1.165) is 11.6 Å². The summed E-state index contributed by atoms with van der Waals surface area (Å²) in [6.07, 6.45) is -4.28. The smallest absolute Gasteiger partial charge is 0.293 e. The molecule has 0 heterocycles. The van der Waals surface area contributed by atoms with Crippen LogP contribution in [0.4, 0.5) is 18.9 Å². The molecule has 0 bridgehead atoms. The van der Waals surface area contributed by atoms with Gasteiger partial charge in [0.05, 0.1) is 6.10 Å². The summed E-state index contributed by atoms with van der Waals surface area (Å²) in [5.41, 5.74) is 2.04. The summed E-state index contributed by atoms with van der Waals surface area (Å²) in [6.45, 7) is 3.33. The molecule has 2 atom stereocenters. The molecule has 0 aliphatic heterocycles. The van der Waals surface area contributed by atoms with Gasteiger partial charge in [-0.25, -0.2) is 13.2 Å². The summed E-state index contributed by atoms with van der Waals surface area (Å²) in [7, 11) is 0. The summed E-state index contributed by atoms with van der Waals surface area (Å²) in [5, 5.41) is 2.56. The number of hydrogen-bond acceptors (Lipinski definition) is 2. The number of anilines is 1. The molecule has 3 nitrogen and oxygen atoms in total. The van der Waals surface area contributed by atoms with Crippen molar-refractivity contribution >= 4 is 11.6 Å². The van der Waals surface area contributed by atoms with Crippen LogP contribution in [0.25, 0.3) is 0 Å². The quantitative estimate of drug-likeness (QED) is 0.842. The van der Waals surface area contributed by atoms with Crippen LogP contribution >= 0.6 is 0 Å². The van der Waals surface area contributed by atoms with Crippen LogP contribution < -0.4 is 5.32 Å². The molecule has 108 valence electrons. The highest BCUT2D eigenvalue weighted by atomic mass is 19.3. The van der Waals surface area contributed by atoms with Gasteiger partial charge in [0.25, 0.3) is 12.8 Å². The molecule has 1 aromatic carbocycles. The molecule has 20 heavy (non-hydrogen) atoms. The highest BCUT2D eigenvalue weighted by Gasteiger charge is 2.30. The molecular weight excluding hydrogens is 271 g/mol. The van der Waals surface area contributed by atoms with Crippen LogP contribution in [0.2, 0.25) is 0 Å². The van der Waals surface area contributed by atoms with Gasteiger partial charge in [-0.15, -0.1) is 0 Å². The van der Waals surface area contributed by atoms with Gasteiger partial charge in [-0.3, -0.25) is 4.79 Å². The predicted octanol–water partition coefficient (Wildman–Crippen LogP) is 3.38. The second-order valence-corrected chi connectivity index (χ2v) is 4.46. The average molecular weight is 285 g/mol. The van der Waals surface area contributed by atoms with E-state index < -0.39 is 18.9 Å². The van der Waals surface area contributed by atoms with Gasteiger partial charge in [-0.05, 0) is 42.2 Å². The van der Waals surface area contributed by atoms with Crippen LogP contribution in [0, 0.1) is 0 Å². The van der Waals surface area contributed by atoms with Crippen molar-refractivity contribution in [2.45, 2.75) is 31.7 Å². The van der Waals surface area contributed by atoms with E-state index in [0.29, 0.717) is 24.1 Å². The van der Waals surface area contributed by atoms with Gasteiger partial charge < -0.3 is 10.1 Å². The Labute approximate surface area is 114 Å². The van der Waals surface area contributed by atoms with E-state index in [9.17, 15) is 18.0 Å². The maximum Gasteiger partial charge on any atom is 0.293 e. The molecule has 1 aliphatic rings. The van der Waals surface area contributed by atoms with Gasteiger partial charge in [0.2, 0.25) is 5.91 Å². The van der Waals surface area contributed by atoms with Crippen molar-refractivity contribution in [1.29, 1.82) is 0 Å². The van der Waals surface area contributed by atoms with E-state index in [4.69, 9.17) is 4.74 Å². The minimum absolute atomic E-state index is 0.378. The first kappa shape index (κ1) is 14.6. The van der Waals surface area contributed by atoms with Crippen LogP contribution in [0.15, 0.2) is 30.9 Å². The summed E-state index contributed by atoms with van der Waals surface area (Å²) >= 11 is 0. The second kappa shape index (κ2) is 6.09. The molecule has 1 N–H and O–H groups in total. The summed E-state index contributed by atoms with van der Waals surface area (Å²) in [4.78, 5) is 11.2. The summed E-state index contributed by atoms with van der Waals surface area (Å²) < 4.78 is 42.1. The fraction of sp³-hybridized carbons (Fsp3) is 0.357. The molecule has 0 spiro atoms. The molecule has 6 heteroatoms. The number of amides is 1. The third-order valence-electron chi connectivity index (χ3n) is 3.11. The average Bonchev–Trinajstić information content (AvgIpc) is 2.81. The first-order chi connectivity index (χ1) is 9.51. The van der Waals surface area contributed by atoms with Gasteiger partial charge in [0.15, 0.2) is 0 Å². The number of fused-ring (bicyclic) bond motifs is 1. The van der Waals surface area contributed by atoms with Gasteiger partial charge in [-0.1, -0.05) is 12.6 Å². The van der Waals surface area contributed by atoms with Crippen LogP contribution in [-0.2, 0) is 16.0 Å². The Morgan fingerprint density at radius 3 is 2.85 bits per heavy atom. The van der Waals surface area contributed by atoms with E-state index in [2.05, 4.69) is 11.9 Å². The number of ether oxygens (including phenoxy) is 1. The SMILES string of the molecule is C=CC(=O)Nc1ccc2c(c1)C(OC(F)C(F)F)CC2. The molecule has 0 fully saturated rings. The van der Waals surface area contributed by atoms with Crippen molar-refractivity contribution in [1.82, 2.24) is 0 Å². The zero-order chi connectivity index (χ0) is 14.7. The number of aryl methyl sites for hydroxylation is 1. The maximum absolute atomic E-state index is 13.0. The lowest BCUT2D eigenvalue weighted by atomic mass is 10.1. The first-order valence-electron chi connectivity index (χ1n) is 6.15. The number of carbonyl (C=O) groups excluding carboxylic acids is 1. The van der Waals surface area contributed by atoms with Crippen LogP contribution in [0.5, 0.6) is 0 Å². The second-order valence-electron chi connectivity index (χ2n) is 4.46. The van der Waals surface area contributed by atoms with Crippen molar-refractivity contribution in [3.8, 4) is 0 Å². The molecule has 2 unspecified atom stereocenters. The number of carbonyl (C=O) groups is 1. The minimum atomic E-state index is -3.16. The lowest BCUT2D eigenvalue weighted by Gasteiger charge is -2.17. The number of halogens is 3. The zero-order valence-corrected chi connectivity index (χ0v) is 10.6. The molecule has 0 saturated heterocycles. The van der Waals surface area contributed by atoms with Crippen molar-refractivity contribution in [2.75, 3.05) is 5.32 Å². The Kier molecular flexibility index (Phi) is 4.44. The van der Waals surface area contributed by atoms with Crippen LogP contribution in [-0.4, -0.2) is 18.7 Å². The Bertz CT molecular complexity index is 519. The molecule has 1 amide bonds. The topological polar surface area (TPSA) is 38.3 Å². The fourth-order valence-electron chi connectivity index (χ4n) is 2.19. The molecule has 0 aromatic heterocycles. The fourth-order valence-corrected chi connectivity index (χ4v) is 2.19. The van der Waals surface area contributed by atoms with Crippen molar-refractivity contribution in [2.24, 2.45) is 0 Å². The van der Waals surface area contributed by atoms with Crippen LogP contribution in [0.3, 0.4) is 0 Å². The maximum atomic E-state index is 13.0. The molecule has 0 saturated carbocycles. The number of rotatable bonds is 5. The van der Waals surface area contributed by atoms with E-state index in [1.165, 1.54) is 0 Å². The van der Waals surface area contributed by atoms with E-state index >= 15 is 0 Å². The number of nitrogens with one attached hydrogen (secondary N) is 1. The lowest BCUT2D eigenvalue weighted by molar-refractivity contribution is -0.158. The predicted molar refractivity (Wildman–Crippen MR) is 68.3 cm³/mol. The Hall–Kier alpha value is -1.82. The van der Waals surface area contributed by atoms with Gasteiger partial charge in [0, 0.05) is 5.69 Å². The molecule has 1 aliphatic carbocycles. The summed E-state index contributed by atoms with van der Waals surface area (Å²) in [6, 6.07) is 5.09. The van der Waals surface area contributed by atoms with Crippen molar-refractivity contribution in [3.63, 3.8) is 0 Å². The number of benzene rings is 1. The highest BCUT2D eigenvalue weighted by molar-refractivity contribution is 5.98. The Morgan fingerprint density at radius 2 is 2.20 bits per heavy atom. The lowest BCUT2D eigenvalue weighted by Crippen LogP contribution is -2.18. The largest absolute Gasteiger partial charge is 0.336 e. The van der Waals surface area contributed by atoms with Crippen molar-refractivity contribution < 1.29 is 22.7 Å².